The van der Waals surface area contributed by atoms with Crippen molar-refractivity contribution >= 4 is 12.1 Å². The van der Waals surface area contributed by atoms with Crippen LogP contribution in [0.25, 0.3) is 11.1 Å². The van der Waals surface area contributed by atoms with Crippen LogP contribution in [0.5, 0.6) is 0 Å². The number of carboxylic acids is 1. The Morgan fingerprint density at radius 1 is 1.10 bits per heavy atom. The third kappa shape index (κ3) is 3.77. The number of carbonyl (C=O) groups excluding carboxylic acids is 1. The molecule has 0 unspecified atom stereocenters. The van der Waals surface area contributed by atoms with Crippen molar-refractivity contribution in [1.82, 2.24) is 4.90 Å². The molecule has 1 fully saturated rings. The van der Waals surface area contributed by atoms with Gasteiger partial charge >= 0.3 is 12.1 Å². The lowest BCUT2D eigenvalue weighted by Crippen LogP contribution is -2.44. The standard InChI is InChI=1S/C24H25NO4/c1-2-16-14-25(12-11-17(16)13-23(26)27)24(28)29-15-22-20-9-5-3-7-18(20)19-8-4-6-10-21(19)22/h2-10,16-17,22H,1,11-15H2,(H,26,27)/t16-,17-/m0/s1. The Balaban J connectivity index is 1.43. The maximum absolute atomic E-state index is 12.7. The molecule has 0 radical (unpaired) electrons. The van der Waals surface area contributed by atoms with Gasteiger partial charge in [0.2, 0.25) is 0 Å². The first-order valence-electron chi connectivity index (χ1n) is 10.0. The van der Waals surface area contributed by atoms with Gasteiger partial charge in [-0.3, -0.25) is 4.79 Å². The number of benzene rings is 2. The zero-order valence-corrected chi connectivity index (χ0v) is 16.3. The SMILES string of the molecule is C=C[C@H]1CN(C(=O)OCC2c3ccccc3-c3ccccc32)CC[C@H]1CC(=O)O. The van der Waals surface area contributed by atoms with Crippen molar-refractivity contribution in [3.63, 3.8) is 0 Å². The lowest BCUT2D eigenvalue weighted by Gasteiger charge is -2.36. The van der Waals surface area contributed by atoms with Gasteiger partial charge in [0.15, 0.2) is 0 Å². The van der Waals surface area contributed by atoms with Crippen LogP contribution < -0.4 is 0 Å². The Hall–Kier alpha value is -3.08. The molecule has 0 aromatic heterocycles. The minimum atomic E-state index is -0.809. The summed E-state index contributed by atoms with van der Waals surface area (Å²) < 4.78 is 5.72. The molecule has 0 bridgehead atoms. The van der Waals surface area contributed by atoms with Crippen LogP contribution >= 0.6 is 0 Å². The molecule has 1 aliphatic carbocycles. The zero-order valence-electron chi connectivity index (χ0n) is 16.3. The Labute approximate surface area is 170 Å². The Bertz CT molecular complexity index is 892. The number of nitrogens with zero attached hydrogens (tertiary/aromatic N) is 1. The molecule has 2 aromatic carbocycles. The summed E-state index contributed by atoms with van der Waals surface area (Å²) in [6.07, 6.45) is 2.17. The minimum absolute atomic E-state index is 0.0163. The molecular formula is C24H25NO4. The molecule has 2 aromatic rings. The minimum Gasteiger partial charge on any atom is -0.481 e. The number of fused-ring (bicyclic) bond motifs is 3. The van der Waals surface area contributed by atoms with E-state index in [0.29, 0.717) is 26.1 Å². The van der Waals surface area contributed by atoms with Crippen LogP contribution in [-0.2, 0) is 9.53 Å². The largest absolute Gasteiger partial charge is 0.481 e. The van der Waals surface area contributed by atoms with Crippen LogP contribution in [-0.4, -0.2) is 41.8 Å². The van der Waals surface area contributed by atoms with Gasteiger partial charge < -0.3 is 14.7 Å². The third-order valence-corrected chi connectivity index (χ3v) is 6.14. The maximum Gasteiger partial charge on any atom is 0.409 e. The summed E-state index contributed by atoms with van der Waals surface area (Å²) in [4.78, 5) is 25.5. The summed E-state index contributed by atoms with van der Waals surface area (Å²) in [5, 5.41) is 9.08. The van der Waals surface area contributed by atoms with Crippen LogP contribution in [0.2, 0.25) is 0 Å². The van der Waals surface area contributed by atoms with Crippen LogP contribution in [0.15, 0.2) is 61.2 Å². The normalized spacial score (nSPS) is 20.6. The van der Waals surface area contributed by atoms with E-state index < -0.39 is 5.97 Å². The van der Waals surface area contributed by atoms with E-state index >= 15 is 0 Å². The predicted molar refractivity (Wildman–Crippen MR) is 111 cm³/mol. The molecular weight excluding hydrogens is 366 g/mol. The van der Waals surface area contributed by atoms with E-state index in [1.54, 1.807) is 11.0 Å². The van der Waals surface area contributed by atoms with Crippen molar-refractivity contribution in [2.45, 2.75) is 18.8 Å². The van der Waals surface area contributed by atoms with Crippen molar-refractivity contribution in [1.29, 1.82) is 0 Å². The van der Waals surface area contributed by atoms with E-state index in [0.717, 1.165) is 0 Å². The Morgan fingerprint density at radius 3 is 2.31 bits per heavy atom. The van der Waals surface area contributed by atoms with Crippen LogP contribution in [0.1, 0.15) is 29.9 Å². The molecule has 5 nitrogen and oxygen atoms in total. The van der Waals surface area contributed by atoms with Crippen molar-refractivity contribution < 1.29 is 19.4 Å². The number of aliphatic carboxylic acids is 1. The van der Waals surface area contributed by atoms with Crippen LogP contribution in [0, 0.1) is 11.8 Å². The van der Waals surface area contributed by atoms with Gasteiger partial charge in [0.25, 0.3) is 0 Å². The average Bonchev–Trinajstić information content (AvgIpc) is 3.06. The number of hydrogen-bond donors (Lipinski definition) is 1. The van der Waals surface area contributed by atoms with Gasteiger partial charge in [0, 0.05) is 25.4 Å². The van der Waals surface area contributed by atoms with E-state index in [-0.39, 0.29) is 30.3 Å². The van der Waals surface area contributed by atoms with Gasteiger partial charge in [-0.05, 0) is 40.5 Å². The second-order valence-electron chi connectivity index (χ2n) is 7.80. The van der Waals surface area contributed by atoms with E-state index in [1.807, 2.05) is 24.3 Å². The molecule has 1 saturated heterocycles. The zero-order chi connectivity index (χ0) is 20.4. The quantitative estimate of drug-likeness (QED) is 0.760. The highest BCUT2D eigenvalue weighted by Gasteiger charge is 2.33. The first-order valence-corrected chi connectivity index (χ1v) is 10.0. The van der Waals surface area contributed by atoms with E-state index in [9.17, 15) is 9.59 Å². The number of piperidine rings is 1. The third-order valence-electron chi connectivity index (χ3n) is 6.14. The fraction of sp³-hybridized carbons (Fsp3) is 0.333. The fourth-order valence-corrected chi connectivity index (χ4v) is 4.63. The molecule has 2 aliphatic rings. The van der Waals surface area contributed by atoms with Gasteiger partial charge in [-0.25, -0.2) is 4.79 Å². The molecule has 0 saturated carbocycles. The summed E-state index contributed by atoms with van der Waals surface area (Å²) in [5.41, 5.74) is 4.77. The van der Waals surface area contributed by atoms with Crippen LogP contribution in [0.3, 0.4) is 0 Å². The summed E-state index contributed by atoms with van der Waals surface area (Å²) in [6.45, 7) is 5.08. The highest BCUT2D eigenvalue weighted by atomic mass is 16.6. The number of rotatable bonds is 5. The summed E-state index contributed by atoms with van der Waals surface area (Å²) in [5.74, 6) is -0.787. The smallest absolute Gasteiger partial charge is 0.409 e. The number of ether oxygens (including phenoxy) is 1. The first kappa shape index (κ1) is 19.2. The summed E-state index contributed by atoms with van der Waals surface area (Å²) >= 11 is 0. The molecule has 150 valence electrons. The number of likely N-dealkylation sites (tertiary alicyclic amines) is 1. The molecule has 29 heavy (non-hydrogen) atoms. The van der Waals surface area contributed by atoms with Crippen molar-refractivity contribution in [2.24, 2.45) is 11.8 Å². The topological polar surface area (TPSA) is 66.8 Å². The van der Waals surface area contributed by atoms with Gasteiger partial charge in [-0.2, -0.15) is 0 Å². The molecule has 5 heteroatoms. The summed E-state index contributed by atoms with van der Waals surface area (Å²) in [6, 6.07) is 16.5. The maximum atomic E-state index is 12.7. The van der Waals surface area contributed by atoms with Gasteiger partial charge in [-0.15, -0.1) is 6.58 Å². The van der Waals surface area contributed by atoms with E-state index in [2.05, 4.69) is 30.8 Å². The van der Waals surface area contributed by atoms with Gasteiger partial charge in [-0.1, -0.05) is 54.6 Å². The monoisotopic (exact) mass is 391 g/mol. The molecule has 1 aliphatic heterocycles. The summed E-state index contributed by atoms with van der Waals surface area (Å²) in [7, 11) is 0. The fourth-order valence-electron chi connectivity index (χ4n) is 4.63. The van der Waals surface area contributed by atoms with E-state index in [4.69, 9.17) is 9.84 Å². The first-order chi connectivity index (χ1) is 14.1. The lowest BCUT2D eigenvalue weighted by atomic mass is 9.83. The molecule has 1 N–H and O–H groups in total. The molecule has 2 atom stereocenters. The molecule has 1 heterocycles. The molecule has 4 rings (SSSR count). The second kappa shape index (κ2) is 8.11. The number of amides is 1. The molecule has 1 amide bonds. The van der Waals surface area contributed by atoms with Crippen molar-refractivity contribution in [3.05, 3.63) is 72.3 Å². The number of carboxylic acid groups (broad SMARTS) is 1. The van der Waals surface area contributed by atoms with E-state index in [1.165, 1.54) is 22.3 Å². The Morgan fingerprint density at radius 2 is 1.72 bits per heavy atom. The highest BCUT2D eigenvalue weighted by molar-refractivity contribution is 5.79. The number of carbonyl (C=O) groups is 2. The Kier molecular flexibility index (Phi) is 5.38. The second-order valence-corrected chi connectivity index (χ2v) is 7.80. The highest BCUT2D eigenvalue weighted by Crippen LogP contribution is 2.44. The molecule has 0 spiro atoms. The van der Waals surface area contributed by atoms with Crippen molar-refractivity contribution in [2.75, 3.05) is 19.7 Å². The number of hydrogen-bond acceptors (Lipinski definition) is 3. The lowest BCUT2D eigenvalue weighted by molar-refractivity contribution is -0.138. The van der Waals surface area contributed by atoms with Gasteiger partial charge in [0.1, 0.15) is 6.61 Å². The van der Waals surface area contributed by atoms with Crippen LogP contribution in [0.4, 0.5) is 4.79 Å². The average molecular weight is 391 g/mol. The predicted octanol–water partition coefficient (Wildman–Crippen LogP) is 4.53. The van der Waals surface area contributed by atoms with Crippen molar-refractivity contribution in [3.8, 4) is 11.1 Å². The van der Waals surface area contributed by atoms with Gasteiger partial charge in [0.05, 0.1) is 0 Å².